The van der Waals surface area contributed by atoms with E-state index in [0.29, 0.717) is 22.7 Å². The molecule has 1 aromatic heterocycles. The van der Waals surface area contributed by atoms with Gasteiger partial charge in [-0.25, -0.2) is 13.2 Å². The van der Waals surface area contributed by atoms with Crippen LogP contribution in [-0.4, -0.2) is 31.0 Å². The zero-order chi connectivity index (χ0) is 21.0. The number of rotatable bonds is 7. The van der Waals surface area contributed by atoms with Crippen LogP contribution in [0.5, 0.6) is 11.5 Å². The van der Waals surface area contributed by atoms with Crippen molar-refractivity contribution in [2.45, 2.75) is 18.7 Å². The molecule has 7 nitrogen and oxygen atoms in total. The van der Waals surface area contributed by atoms with Crippen LogP contribution < -0.4 is 9.04 Å². The van der Waals surface area contributed by atoms with E-state index in [2.05, 4.69) is 4.98 Å². The summed E-state index contributed by atoms with van der Waals surface area (Å²) in [5, 5.41) is 9.29. The lowest BCUT2D eigenvalue weighted by molar-refractivity contribution is 0.0696. The van der Waals surface area contributed by atoms with Gasteiger partial charge in [0.25, 0.3) is 10.0 Å². The van der Waals surface area contributed by atoms with Crippen LogP contribution in [0.15, 0.2) is 71.9 Å². The molecule has 0 bridgehead atoms. The number of carboxylic acid groups (broad SMARTS) is 1. The van der Waals surface area contributed by atoms with Crippen molar-refractivity contribution in [3.05, 3.63) is 78.1 Å². The van der Waals surface area contributed by atoms with Crippen molar-refractivity contribution < 1.29 is 23.1 Å². The van der Waals surface area contributed by atoms with Gasteiger partial charge in [-0.15, -0.1) is 0 Å². The highest BCUT2D eigenvalue weighted by molar-refractivity contribution is 7.92. The molecule has 8 heteroatoms. The number of nitrogens with zero attached hydrogens (tertiary/aromatic N) is 2. The van der Waals surface area contributed by atoms with E-state index in [4.69, 9.17) is 4.74 Å². The number of aryl methyl sites for hydroxylation is 1. The summed E-state index contributed by atoms with van der Waals surface area (Å²) < 4.78 is 33.2. The van der Waals surface area contributed by atoms with Gasteiger partial charge in [-0.05, 0) is 67.9 Å². The summed E-state index contributed by atoms with van der Waals surface area (Å²) >= 11 is 0. The van der Waals surface area contributed by atoms with Crippen molar-refractivity contribution in [1.29, 1.82) is 0 Å². The summed E-state index contributed by atoms with van der Waals surface area (Å²) in [5.41, 5.74) is 0.910. The average molecular weight is 412 g/mol. The first-order valence-corrected chi connectivity index (χ1v) is 10.3. The molecular weight excluding hydrogens is 392 g/mol. The molecule has 1 heterocycles. The van der Waals surface area contributed by atoms with E-state index in [9.17, 15) is 18.3 Å². The second kappa shape index (κ2) is 8.32. The van der Waals surface area contributed by atoms with Crippen molar-refractivity contribution in [1.82, 2.24) is 4.98 Å². The molecule has 0 fully saturated rings. The molecule has 3 rings (SSSR count). The molecule has 29 heavy (non-hydrogen) atoms. The van der Waals surface area contributed by atoms with E-state index in [1.165, 1.54) is 22.5 Å². The normalized spacial score (nSPS) is 11.1. The van der Waals surface area contributed by atoms with Crippen LogP contribution in [0.1, 0.15) is 22.8 Å². The number of carboxylic acids is 1. The van der Waals surface area contributed by atoms with Crippen LogP contribution in [0, 0.1) is 6.92 Å². The molecule has 0 aliphatic rings. The predicted octanol–water partition coefficient (Wildman–Crippen LogP) is 4.10. The Bertz CT molecular complexity index is 1110. The maximum Gasteiger partial charge on any atom is 0.335 e. The number of hydrogen-bond acceptors (Lipinski definition) is 5. The van der Waals surface area contributed by atoms with E-state index in [-0.39, 0.29) is 17.0 Å². The average Bonchev–Trinajstić information content (AvgIpc) is 2.70. The third-order valence-electron chi connectivity index (χ3n) is 4.32. The lowest BCUT2D eigenvalue weighted by Crippen LogP contribution is -2.31. The molecule has 0 saturated heterocycles. The summed E-state index contributed by atoms with van der Waals surface area (Å²) in [4.78, 5) is 15.2. The van der Waals surface area contributed by atoms with Gasteiger partial charge < -0.3 is 9.84 Å². The molecular formula is C21H20N2O5S. The minimum atomic E-state index is -3.93. The van der Waals surface area contributed by atoms with Gasteiger partial charge in [-0.1, -0.05) is 6.07 Å². The van der Waals surface area contributed by atoms with Crippen molar-refractivity contribution >= 4 is 21.7 Å². The Morgan fingerprint density at radius 2 is 1.66 bits per heavy atom. The molecule has 0 aliphatic heterocycles. The highest BCUT2D eigenvalue weighted by Gasteiger charge is 2.25. The van der Waals surface area contributed by atoms with Crippen LogP contribution in [0.3, 0.4) is 0 Å². The first kappa shape index (κ1) is 20.3. The smallest absolute Gasteiger partial charge is 0.335 e. The molecule has 2 aromatic carbocycles. The molecule has 3 aromatic rings. The maximum absolute atomic E-state index is 13.1. The standard InChI is InChI=1S/C21H20N2O5S/c1-3-23(29(26,27)19-9-4-15(2)20(14-19)21(24)25)16-5-7-17(8-6-16)28-18-10-12-22-13-11-18/h4-14H,3H2,1-2H3,(H,24,25). The van der Waals surface area contributed by atoms with Crippen molar-refractivity contribution in [2.24, 2.45) is 0 Å². The number of aromatic nitrogens is 1. The van der Waals surface area contributed by atoms with Gasteiger partial charge in [0.05, 0.1) is 16.1 Å². The van der Waals surface area contributed by atoms with Crippen LogP contribution in [0.2, 0.25) is 0 Å². The number of hydrogen-bond donors (Lipinski definition) is 1. The minimum Gasteiger partial charge on any atom is -0.478 e. The van der Waals surface area contributed by atoms with Crippen LogP contribution in [0.4, 0.5) is 5.69 Å². The summed E-state index contributed by atoms with van der Waals surface area (Å²) in [5.74, 6) is 0.00527. The number of pyridine rings is 1. The Morgan fingerprint density at radius 1 is 1.03 bits per heavy atom. The second-order valence-electron chi connectivity index (χ2n) is 6.23. The Hall–Kier alpha value is -3.39. The van der Waals surface area contributed by atoms with E-state index in [1.807, 2.05) is 0 Å². The fourth-order valence-electron chi connectivity index (χ4n) is 2.83. The predicted molar refractivity (Wildman–Crippen MR) is 109 cm³/mol. The van der Waals surface area contributed by atoms with E-state index >= 15 is 0 Å². The highest BCUT2D eigenvalue weighted by Crippen LogP contribution is 2.28. The minimum absolute atomic E-state index is 0.0387. The maximum atomic E-state index is 13.1. The molecule has 150 valence electrons. The van der Waals surface area contributed by atoms with Gasteiger partial charge in [-0.2, -0.15) is 0 Å². The number of carbonyl (C=O) groups is 1. The lowest BCUT2D eigenvalue weighted by Gasteiger charge is -2.23. The van der Waals surface area contributed by atoms with Crippen LogP contribution in [-0.2, 0) is 10.0 Å². The first-order chi connectivity index (χ1) is 13.8. The van der Waals surface area contributed by atoms with Gasteiger partial charge >= 0.3 is 5.97 Å². The number of sulfonamides is 1. The van der Waals surface area contributed by atoms with E-state index in [0.717, 1.165) is 0 Å². The molecule has 0 saturated carbocycles. The molecule has 0 aliphatic carbocycles. The number of anilines is 1. The Kier molecular flexibility index (Phi) is 5.84. The van der Waals surface area contributed by atoms with Gasteiger partial charge in [0.1, 0.15) is 11.5 Å². The van der Waals surface area contributed by atoms with Crippen molar-refractivity contribution in [3.8, 4) is 11.5 Å². The van der Waals surface area contributed by atoms with Crippen LogP contribution >= 0.6 is 0 Å². The lowest BCUT2D eigenvalue weighted by atomic mass is 10.1. The summed E-state index contributed by atoms with van der Waals surface area (Å²) in [6.07, 6.45) is 3.23. The topological polar surface area (TPSA) is 96.8 Å². The zero-order valence-electron chi connectivity index (χ0n) is 15.9. The molecule has 1 N–H and O–H groups in total. The molecule has 0 radical (unpaired) electrons. The van der Waals surface area contributed by atoms with Gasteiger partial charge in [0.2, 0.25) is 0 Å². The van der Waals surface area contributed by atoms with E-state index in [1.54, 1.807) is 62.6 Å². The number of benzene rings is 2. The zero-order valence-corrected chi connectivity index (χ0v) is 16.8. The largest absolute Gasteiger partial charge is 0.478 e. The fourth-order valence-corrected chi connectivity index (χ4v) is 4.33. The highest BCUT2D eigenvalue weighted by atomic mass is 32.2. The quantitative estimate of drug-likeness (QED) is 0.628. The number of ether oxygens (including phenoxy) is 1. The first-order valence-electron chi connectivity index (χ1n) is 8.87. The van der Waals surface area contributed by atoms with Crippen molar-refractivity contribution in [3.63, 3.8) is 0 Å². The summed E-state index contributed by atoms with van der Waals surface area (Å²) in [6, 6.07) is 14.2. The molecule has 0 spiro atoms. The van der Waals surface area contributed by atoms with E-state index < -0.39 is 16.0 Å². The van der Waals surface area contributed by atoms with Gasteiger partial charge in [0, 0.05) is 18.9 Å². The van der Waals surface area contributed by atoms with Crippen LogP contribution in [0.25, 0.3) is 0 Å². The fraction of sp³-hybridized carbons (Fsp3) is 0.143. The molecule has 0 atom stereocenters. The third kappa shape index (κ3) is 4.38. The monoisotopic (exact) mass is 412 g/mol. The van der Waals surface area contributed by atoms with Gasteiger partial charge in [-0.3, -0.25) is 9.29 Å². The van der Waals surface area contributed by atoms with Crippen molar-refractivity contribution in [2.75, 3.05) is 10.8 Å². The summed E-state index contributed by atoms with van der Waals surface area (Å²) in [7, 11) is -3.93. The Morgan fingerprint density at radius 3 is 2.24 bits per heavy atom. The third-order valence-corrected chi connectivity index (χ3v) is 6.22. The van der Waals surface area contributed by atoms with Gasteiger partial charge in [0.15, 0.2) is 0 Å². The Balaban J connectivity index is 1.90. The summed E-state index contributed by atoms with van der Waals surface area (Å²) in [6.45, 7) is 3.52. The SMILES string of the molecule is CCN(c1ccc(Oc2ccncc2)cc1)S(=O)(=O)c1ccc(C)c(C(=O)O)c1. The Labute approximate surface area is 169 Å². The molecule has 0 unspecified atom stereocenters. The second-order valence-corrected chi connectivity index (χ2v) is 8.09. The number of aromatic carboxylic acids is 1. The molecule has 0 amide bonds.